The largest absolute Gasteiger partial charge is 0.497 e. The number of ether oxygens (including phenoxy) is 3. The predicted octanol–water partition coefficient (Wildman–Crippen LogP) is 3.23. The fraction of sp³-hybridized carbons (Fsp3) is 0.353. The Kier molecular flexibility index (Phi) is 7.26. The first kappa shape index (κ1) is 17.0. The minimum absolute atomic E-state index is 0.159. The van der Waals surface area contributed by atoms with Gasteiger partial charge in [-0.3, -0.25) is 0 Å². The van der Waals surface area contributed by atoms with Gasteiger partial charge in [0.2, 0.25) is 0 Å². The summed E-state index contributed by atoms with van der Waals surface area (Å²) in [5, 5.41) is 0. The molecule has 0 radical (unpaired) electrons. The van der Waals surface area contributed by atoms with E-state index in [1.54, 1.807) is 14.0 Å². The summed E-state index contributed by atoms with van der Waals surface area (Å²) < 4.78 is 15.6. The van der Waals surface area contributed by atoms with Crippen molar-refractivity contribution in [1.82, 2.24) is 0 Å². The summed E-state index contributed by atoms with van der Waals surface area (Å²) in [4.78, 5) is 11.2. The Labute approximate surface area is 126 Å². The lowest BCUT2D eigenvalue weighted by Gasteiger charge is -2.12. The lowest BCUT2D eigenvalue weighted by Crippen LogP contribution is -2.19. The van der Waals surface area contributed by atoms with Gasteiger partial charge in [-0.1, -0.05) is 30.9 Å². The van der Waals surface area contributed by atoms with Crippen LogP contribution in [-0.4, -0.2) is 32.4 Å². The van der Waals surface area contributed by atoms with Crippen LogP contribution in [0.4, 0.5) is 0 Å². The number of hydrogen-bond acceptors (Lipinski definition) is 4. The standard InChI is InChI=1S/C17H22O4/c1-13(2)17(18)21-12-14(3)20-11-5-6-15-7-9-16(19-4)10-8-15/h5-10,14H,1,11-12H2,2-4H3/b6-5+. The van der Waals surface area contributed by atoms with Crippen LogP contribution >= 0.6 is 0 Å². The van der Waals surface area contributed by atoms with Gasteiger partial charge in [-0.25, -0.2) is 4.79 Å². The number of benzene rings is 1. The van der Waals surface area contributed by atoms with Crippen LogP contribution in [0.15, 0.2) is 42.5 Å². The summed E-state index contributed by atoms with van der Waals surface area (Å²) in [6, 6.07) is 7.74. The van der Waals surface area contributed by atoms with E-state index in [-0.39, 0.29) is 18.7 Å². The molecule has 0 heterocycles. The molecule has 4 heteroatoms. The van der Waals surface area contributed by atoms with Crippen molar-refractivity contribution < 1.29 is 19.0 Å². The maximum absolute atomic E-state index is 11.2. The molecule has 21 heavy (non-hydrogen) atoms. The van der Waals surface area contributed by atoms with Crippen LogP contribution < -0.4 is 4.74 Å². The maximum Gasteiger partial charge on any atom is 0.333 e. The molecule has 1 unspecified atom stereocenters. The zero-order valence-electron chi connectivity index (χ0n) is 12.8. The SMILES string of the molecule is C=C(C)C(=O)OCC(C)OC/C=C/c1ccc(OC)cc1. The highest BCUT2D eigenvalue weighted by atomic mass is 16.6. The van der Waals surface area contributed by atoms with Crippen molar-refractivity contribution in [1.29, 1.82) is 0 Å². The molecule has 1 aromatic rings. The van der Waals surface area contributed by atoms with E-state index >= 15 is 0 Å². The van der Waals surface area contributed by atoms with Gasteiger partial charge in [0.05, 0.1) is 19.8 Å². The van der Waals surface area contributed by atoms with E-state index in [2.05, 4.69) is 6.58 Å². The zero-order chi connectivity index (χ0) is 15.7. The Hall–Kier alpha value is -2.07. The third-order valence-electron chi connectivity index (χ3n) is 2.70. The Balaban J connectivity index is 2.26. The van der Waals surface area contributed by atoms with Gasteiger partial charge in [-0.05, 0) is 31.5 Å². The average Bonchev–Trinajstić information content (AvgIpc) is 2.49. The van der Waals surface area contributed by atoms with E-state index in [1.165, 1.54) is 0 Å². The number of carbonyl (C=O) groups excluding carboxylic acids is 1. The Morgan fingerprint density at radius 2 is 2.00 bits per heavy atom. The van der Waals surface area contributed by atoms with Gasteiger partial charge in [-0.2, -0.15) is 0 Å². The van der Waals surface area contributed by atoms with Crippen molar-refractivity contribution in [3.63, 3.8) is 0 Å². The Morgan fingerprint density at radius 1 is 1.33 bits per heavy atom. The van der Waals surface area contributed by atoms with Crippen molar-refractivity contribution in [2.45, 2.75) is 20.0 Å². The molecule has 0 saturated carbocycles. The molecule has 1 rings (SSSR count). The smallest absolute Gasteiger partial charge is 0.333 e. The third kappa shape index (κ3) is 6.77. The number of rotatable bonds is 8. The fourth-order valence-corrected chi connectivity index (χ4v) is 1.48. The predicted molar refractivity (Wildman–Crippen MR) is 83.2 cm³/mol. The van der Waals surface area contributed by atoms with Crippen molar-refractivity contribution in [3.05, 3.63) is 48.1 Å². The molecule has 0 amide bonds. The number of methoxy groups -OCH3 is 1. The first-order chi connectivity index (χ1) is 10.0. The molecule has 1 atom stereocenters. The van der Waals surface area contributed by atoms with Gasteiger partial charge in [0.25, 0.3) is 0 Å². The molecule has 0 aliphatic heterocycles. The van der Waals surface area contributed by atoms with Crippen LogP contribution in [0.1, 0.15) is 19.4 Å². The monoisotopic (exact) mass is 290 g/mol. The second kappa shape index (κ2) is 8.97. The van der Waals surface area contributed by atoms with E-state index < -0.39 is 0 Å². The molecule has 0 saturated heterocycles. The van der Waals surface area contributed by atoms with Gasteiger partial charge in [0, 0.05) is 5.57 Å². The molecular formula is C17H22O4. The average molecular weight is 290 g/mol. The van der Waals surface area contributed by atoms with E-state index in [0.29, 0.717) is 12.2 Å². The molecular weight excluding hydrogens is 268 g/mol. The molecule has 0 aliphatic rings. The highest BCUT2D eigenvalue weighted by Crippen LogP contribution is 2.12. The second-order valence-corrected chi connectivity index (χ2v) is 4.70. The minimum atomic E-state index is -0.390. The topological polar surface area (TPSA) is 44.8 Å². The van der Waals surface area contributed by atoms with Gasteiger partial charge >= 0.3 is 5.97 Å². The number of hydrogen-bond donors (Lipinski definition) is 0. The second-order valence-electron chi connectivity index (χ2n) is 4.70. The first-order valence-corrected chi connectivity index (χ1v) is 6.77. The van der Waals surface area contributed by atoms with E-state index in [1.807, 2.05) is 43.3 Å². The van der Waals surface area contributed by atoms with E-state index in [4.69, 9.17) is 14.2 Å². The quantitative estimate of drug-likeness (QED) is 0.544. The van der Waals surface area contributed by atoms with Crippen LogP contribution in [-0.2, 0) is 14.3 Å². The van der Waals surface area contributed by atoms with E-state index in [9.17, 15) is 4.79 Å². The van der Waals surface area contributed by atoms with Crippen LogP contribution in [0.5, 0.6) is 5.75 Å². The normalized spacial score (nSPS) is 12.1. The van der Waals surface area contributed by atoms with Crippen molar-refractivity contribution >= 4 is 12.0 Å². The summed E-state index contributed by atoms with van der Waals surface area (Å²) in [6.45, 7) is 7.67. The summed E-state index contributed by atoms with van der Waals surface area (Å²) >= 11 is 0. The number of esters is 1. The lowest BCUT2D eigenvalue weighted by atomic mass is 10.2. The molecule has 114 valence electrons. The van der Waals surface area contributed by atoms with Gasteiger partial charge < -0.3 is 14.2 Å². The Bertz CT molecular complexity index is 488. The maximum atomic E-state index is 11.2. The molecule has 4 nitrogen and oxygen atoms in total. The van der Waals surface area contributed by atoms with E-state index in [0.717, 1.165) is 11.3 Å². The summed E-state index contributed by atoms with van der Waals surface area (Å²) in [7, 11) is 1.64. The highest BCUT2D eigenvalue weighted by Gasteiger charge is 2.07. The molecule has 0 fully saturated rings. The fourth-order valence-electron chi connectivity index (χ4n) is 1.48. The van der Waals surface area contributed by atoms with Crippen LogP contribution in [0.25, 0.3) is 6.08 Å². The number of carbonyl (C=O) groups is 1. The molecule has 0 N–H and O–H groups in total. The zero-order valence-corrected chi connectivity index (χ0v) is 12.8. The van der Waals surface area contributed by atoms with Gasteiger partial charge in [0.15, 0.2) is 0 Å². The van der Waals surface area contributed by atoms with Crippen LogP contribution in [0.3, 0.4) is 0 Å². The minimum Gasteiger partial charge on any atom is -0.497 e. The molecule has 0 aromatic heterocycles. The summed E-state index contributed by atoms with van der Waals surface area (Å²) in [5.74, 6) is 0.440. The summed E-state index contributed by atoms with van der Waals surface area (Å²) in [5.41, 5.74) is 1.46. The molecule has 1 aromatic carbocycles. The van der Waals surface area contributed by atoms with Gasteiger partial charge in [0.1, 0.15) is 12.4 Å². The first-order valence-electron chi connectivity index (χ1n) is 6.77. The van der Waals surface area contributed by atoms with Crippen LogP contribution in [0.2, 0.25) is 0 Å². The van der Waals surface area contributed by atoms with Crippen molar-refractivity contribution in [2.75, 3.05) is 20.3 Å². The molecule has 0 aliphatic carbocycles. The van der Waals surface area contributed by atoms with Gasteiger partial charge in [-0.15, -0.1) is 0 Å². The lowest BCUT2D eigenvalue weighted by molar-refractivity contribution is -0.142. The van der Waals surface area contributed by atoms with Crippen molar-refractivity contribution in [3.8, 4) is 5.75 Å². The van der Waals surface area contributed by atoms with Crippen molar-refractivity contribution in [2.24, 2.45) is 0 Å². The van der Waals surface area contributed by atoms with Crippen LogP contribution in [0, 0.1) is 0 Å². The summed E-state index contributed by atoms with van der Waals surface area (Å²) in [6.07, 6.45) is 3.72. The third-order valence-corrected chi connectivity index (χ3v) is 2.70. The highest BCUT2D eigenvalue weighted by molar-refractivity contribution is 5.86. The molecule has 0 bridgehead atoms. The Morgan fingerprint density at radius 3 is 2.57 bits per heavy atom. The molecule has 0 spiro atoms.